The van der Waals surface area contributed by atoms with Gasteiger partial charge in [0.05, 0.1) is 13.2 Å². The van der Waals surface area contributed by atoms with Crippen molar-refractivity contribution < 1.29 is 9.47 Å². The molecule has 0 saturated carbocycles. The van der Waals surface area contributed by atoms with Crippen molar-refractivity contribution in [1.29, 1.82) is 0 Å². The van der Waals surface area contributed by atoms with Crippen LogP contribution in [-0.4, -0.2) is 32.4 Å². The maximum atomic E-state index is 6.05. The summed E-state index contributed by atoms with van der Waals surface area (Å²) in [6, 6.07) is 4.33. The van der Waals surface area contributed by atoms with Crippen LogP contribution in [0.15, 0.2) is 12.1 Å². The lowest BCUT2D eigenvalue weighted by Gasteiger charge is -2.13. The van der Waals surface area contributed by atoms with Gasteiger partial charge >= 0.3 is 0 Å². The number of rotatable bonds is 9. The number of halogens is 1. The van der Waals surface area contributed by atoms with Crippen LogP contribution in [0.3, 0.4) is 0 Å². The molecule has 20 heavy (non-hydrogen) atoms. The van der Waals surface area contributed by atoms with E-state index in [0.717, 1.165) is 34.9 Å². The molecule has 0 heterocycles. The molecule has 0 fully saturated rings. The summed E-state index contributed by atoms with van der Waals surface area (Å²) in [5.74, 6) is 0.883. The van der Waals surface area contributed by atoms with Gasteiger partial charge in [0.15, 0.2) is 0 Å². The SMILES string of the molecule is CC[C@H](C)NCCOCCOc1ccc(Cl)c(C)c1C. The van der Waals surface area contributed by atoms with Crippen LogP contribution in [0.4, 0.5) is 0 Å². The molecular formula is C16H26ClNO2. The zero-order valence-electron chi connectivity index (χ0n) is 13.0. The van der Waals surface area contributed by atoms with E-state index >= 15 is 0 Å². The average Bonchev–Trinajstić information content (AvgIpc) is 2.45. The molecule has 0 amide bonds. The van der Waals surface area contributed by atoms with Crippen LogP contribution in [-0.2, 0) is 4.74 Å². The Morgan fingerprint density at radius 2 is 1.90 bits per heavy atom. The molecule has 1 aromatic carbocycles. The van der Waals surface area contributed by atoms with Crippen molar-refractivity contribution in [1.82, 2.24) is 5.32 Å². The number of hydrogen-bond donors (Lipinski definition) is 1. The van der Waals surface area contributed by atoms with Crippen LogP contribution in [0.5, 0.6) is 5.75 Å². The first-order chi connectivity index (χ1) is 9.56. The maximum absolute atomic E-state index is 6.05. The highest BCUT2D eigenvalue weighted by Gasteiger charge is 2.05. The first kappa shape index (κ1) is 17.3. The van der Waals surface area contributed by atoms with Crippen molar-refractivity contribution in [2.24, 2.45) is 0 Å². The van der Waals surface area contributed by atoms with Gasteiger partial charge in [-0.2, -0.15) is 0 Å². The van der Waals surface area contributed by atoms with E-state index in [1.807, 2.05) is 26.0 Å². The quantitative estimate of drug-likeness (QED) is 0.705. The molecular weight excluding hydrogens is 274 g/mol. The average molecular weight is 300 g/mol. The highest BCUT2D eigenvalue weighted by atomic mass is 35.5. The minimum absolute atomic E-state index is 0.551. The summed E-state index contributed by atoms with van der Waals surface area (Å²) in [5, 5.41) is 4.16. The smallest absolute Gasteiger partial charge is 0.122 e. The number of hydrogen-bond acceptors (Lipinski definition) is 3. The van der Waals surface area contributed by atoms with Crippen molar-refractivity contribution in [3.8, 4) is 5.75 Å². The third-order valence-electron chi connectivity index (χ3n) is 3.51. The predicted octanol–water partition coefficient (Wildman–Crippen LogP) is 3.74. The normalized spacial score (nSPS) is 12.4. The van der Waals surface area contributed by atoms with E-state index < -0.39 is 0 Å². The maximum Gasteiger partial charge on any atom is 0.122 e. The van der Waals surface area contributed by atoms with Gasteiger partial charge in [-0.05, 0) is 50.5 Å². The Morgan fingerprint density at radius 1 is 1.15 bits per heavy atom. The number of benzene rings is 1. The van der Waals surface area contributed by atoms with Crippen molar-refractivity contribution in [3.63, 3.8) is 0 Å². The molecule has 0 aliphatic rings. The Bertz CT molecular complexity index is 410. The zero-order chi connectivity index (χ0) is 15.0. The second kappa shape index (κ2) is 9.22. The van der Waals surface area contributed by atoms with Gasteiger partial charge in [-0.25, -0.2) is 0 Å². The standard InChI is InChI=1S/C16H26ClNO2/c1-5-12(2)18-8-9-19-10-11-20-16-7-6-15(17)13(3)14(16)4/h6-7,12,18H,5,8-11H2,1-4H3/t12-/m0/s1. The molecule has 0 bridgehead atoms. The first-order valence-electron chi connectivity index (χ1n) is 7.25. The summed E-state index contributed by atoms with van der Waals surface area (Å²) in [7, 11) is 0. The molecule has 0 aromatic heterocycles. The van der Waals surface area contributed by atoms with Crippen molar-refractivity contribution in [2.45, 2.75) is 40.2 Å². The number of nitrogens with one attached hydrogen (secondary N) is 1. The molecule has 1 aromatic rings. The highest BCUT2D eigenvalue weighted by molar-refractivity contribution is 6.31. The van der Waals surface area contributed by atoms with Gasteiger partial charge in [-0.3, -0.25) is 0 Å². The van der Waals surface area contributed by atoms with Gasteiger partial charge in [-0.1, -0.05) is 18.5 Å². The van der Waals surface area contributed by atoms with Crippen LogP contribution in [0.25, 0.3) is 0 Å². The lowest BCUT2D eigenvalue weighted by Crippen LogP contribution is -2.29. The second-order valence-corrected chi connectivity index (χ2v) is 5.43. The van der Waals surface area contributed by atoms with E-state index in [9.17, 15) is 0 Å². The van der Waals surface area contributed by atoms with Gasteiger partial charge in [0.2, 0.25) is 0 Å². The van der Waals surface area contributed by atoms with E-state index in [2.05, 4.69) is 19.2 Å². The fraction of sp³-hybridized carbons (Fsp3) is 0.625. The highest BCUT2D eigenvalue weighted by Crippen LogP contribution is 2.26. The summed E-state index contributed by atoms with van der Waals surface area (Å²) in [6.07, 6.45) is 1.14. The van der Waals surface area contributed by atoms with Gasteiger partial charge in [-0.15, -0.1) is 0 Å². The van der Waals surface area contributed by atoms with Crippen LogP contribution in [0.2, 0.25) is 5.02 Å². The molecule has 114 valence electrons. The first-order valence-corrected chi connectivity index (χ1v) is 7.63. The molecule has 0 aliphatic heterocycles. The molecule has 0 unspecified atom stereocenters. The van der Waals surface area contributed by atoms with Crippen LogP contribution in [0.1, 0.15) is 31.4 Å². The second-order valence-electron chi connectivity index (χ2n) is 5.02. The Balaban J connectivity index is 2.17. The molecule has 1 rings (SSSR count). The Morgan fingerprint density at radius 3 is 2.60 bits per heavy atom. The Kier molecular flexibility index (Phi) is 7.97. The summed E-state index contributed by atoms with van der Waals surface area (Å²) in [4.78, 5) is 0. The fourth-order valence-electron chi connectivity index (χ4n) is 1.75. The lowest BCUT2D eigenvalue weighted by molar-refractivity contribution is 0.100. The lowest BCUT2D eigenvalue weighted by atomic mass is 10.1. The molecule has 1 N–H and O–H groups in total. The van der Waals surface area contributed by atoms with Crippen LogP contribution >= 0.6 is 11.6 Å². The molecule has 4 heteroatoms. The van der Waals surface area contributed by atoms with Gasteiger partial charge < -0.3 is 14.8 Å². The minimum atomic E-state index is 0.551. The molecule has 0 aliphatic carbocycles. The van der Waals surface area contributed by atoms with Gasteiger partial charge in [0, 0.05) is 17.6 Å². The molecule has 3 nitrogen and oxygen atoms in total. The van der Waals surface area contributed by atoms with Crippen LogP contribution < -0.4 is 10.1 Å². The summed E-state index contributed by atoms with van der Waals surface area (Å²) in [6.45, 7) is 11.1. The monoisotopic (exact) mass is 299 g/mol. The Labute approximate surface area is 127 Å². The molecule has 1 atom stereocenters. The van der Waals surface area contributed by atoms with Crippen molar-refractivity contribution in [3.05, 3.63) is 28.3 Å². The van der Waals surface area contributed by atoms with Crippen molar-refractivity contribution >= 4 is 11.6 Å². The van der Waals surface area contributed by atoms with Gasteiger partial charge in [0.25, 0.3) is 0 Å². The topological polar surface area (TPSA) is 30.5 Å². The van der Waals surface area contributed by atoms with Crippen molar-refractivity contribution in [2.75, 3.05) is 26.4 Å². The van der Waals surface area contributed by atoms with E-state index in [1.54, 1.807) is 0 Å². The van der Waals surface area contributed by atoms with E-state index in [4.69, 9.17) is 21.1 Å². The number of ether oxygens (including phenoxy) is 2. The minimum Gasteiger partial charge on any atom is -0.491 e. The summed E-state index contributed by atoms with van der Waals surface area (Å²) >= 11 is 6.05. The zero-order valence-corrected chi connectivity index (χ0v) is 13.7. The van der Waals surface area contributed by atoms with E-state index in [0.29, 0.717) is 25.9 Å². The largest absolute Gasteiger partial charge is 0.491 e. The van der Waals surface area contributed by atoms with E-state index in [1.165, 1.54) is 0 Å². The predicted molar refractivity (Wildman–Crippen MR) is 85.0 cm³/mol. The summed E-state index contributed by atoms with van der Waals surface area (Å²) < 4.78 is 11.2. The Hall–Kier alpha value is -0.770. The fourth-order valence-corrected chi connectivity index (χ4v) is 1.96. The third kappa shape index (κ3) is 5.70. The third-order valence-corrected chi connectivity index (χ3v) is 3.92. The molecule has 0 saturated heterocycles. The van der Waals surface area contributed by atoms with E-state index in [-0.39, 0.29) is 0 Å². The summed E-state index contributed by atoms with van der Waals surface area (Å²) in [5.41, 5.74) is 2.17. The molecule has 0 radical (unpaired) electrons. The van der Waals surface area contributed by atoms with Crippen LogP contribution in [0, 0.1) is 13.8 Å². The molecule has 0 spiro atoms. The van der Waals surface area contributed by atoms with Gasteiger partial charge in [0.1, 0.15) is 12.4 Å².